The van der Waals surface area contributed by atoms with E-state index in [4.69, 9.17) is 0 Å². The molecule has 1 aromatic carbocycles. The molecule has 4 nitrogen and oxygen atoms in total. The van der Waals surface area contributed by atoms with Crippen LogP contribution in [-0.2, 0) is 9.59 Å². The third kappa shape index (κ3) is 2.11. The molecule has 1 heterocycles. The van der Waals surface area contributed by atoms with Crippen LogP contribution in [0.15, 0.2) is 24.3 Å². The molecule has 2 amide bonds. The third-order valence-corrected chi connectivity index (χ3v) is 4.30. The van der Waals surface area contributed by atoms with Gasteiger partial charge in [0.2, 0.25) is 11.8 Å². The van der Waals surface area contributed by atoms with Gasteiger partial charge in [0.25, 0.3) is 0 Å². The average Bonchev–Trinajstić information content (AvgIpc) is 3.17. The summed E-state index contributed by atoms with van der Waals surface area (Å²) in [4.78, 5) is 25.8. The van der Waals surface area contributed by atoms with Gasteiger partial charge in [-0.2, -0.15) is 0 Å². The molecular formula is C13H13IN2O2. The predicted octanol–water partition coefficient (Wildman–Crippen LogP) is 1.53. The second-order valence-corrected chi connectivity index (χ2v) is 5.92. The number of piperazine rings is 1. The summed E-state index contributed by atoms with van der Waals surface area (Å²) in [5, 5.41) is 2.81. The van der Waals surface area contributed by atoms with Crippen LogP contribution in [0.5, 0.6) is 0 Å². The van der Waals surface area contributed by atoms with Crippen molar-refractivity contribution in [3.05, 3.63) is 27.8 Å². The monoisotopic (exact) mass is 356 g/mol. The van der Waals surface area contributed by atoms with E-state index in [9.17, 15) is 9.59 Å². The summed E-state index contributed by atoms with van der Waals surface area (Å²) in [5.74, 6) is 0.304. The molecule has 0 radical (unpaired) electrons. The summed E-state index contributed by atoms with van der Waals surface area (Å²) in [5.41, 5.74) is 0.837. The van der Waals surface area contributed by atoms with E-state index in [0.29, 0.717) is 5.92 Å². The van der Waals surface area contributed by atoms with Crippen LogP contribution in [-0.4, -0.2) is 24.4 Å². The number of rotatable bonds is 2. The van der Waals surface area contributed by atoms with E-state index in [1.165, 1.54) is 0 Å². The van der Waals surface area contributed by atoms with Gasteiger partial charge in [-0.3, -0.25) is 9.59 Å². The Balaban J connectivity index is 1.93. The van der Waals surface area contributed by atoms with Crippen LogP contribution >= 0.6 is 22.6 Å². The first-order chi connectivity index (χ1) is 8.66. The number of para-hydroxylation sites is 1. The van der Waals surface area contributed by atoms with E-state index in [1.807, 2.05) is 24.3 Å². The molecule has 3 rings (SSSR count). The maximum atomic E-state index is 12.4. The Morgan fingerprint density at radius 1 is 1.22 bits per heavy atom. The minimum atomic E-state index is -0.317. The highest BCUT2D eigenvalue weighted by atomic mass is 127. The van der Waals surface area contributed by atoms with Crippen molar-refractivity contribution in [2.45, 2.75) is 18.9 Å². The summed E-state index contributed by atoms with van der Waals surface area (Å²) in [6.07, 6.45) is 2.08. The van der Waals surface area contributed by atoms with Crippen LogP contribution in [0.1, 0.15) is 12.8 Å². The lowest BCUT2D eigenvalue weighted by Crippen LogP contribution is -2.59. The molecule has 1 saturated heterocycles. The fourth-order valence-corrected chi connectivity index (χ4v) is 2.97. The van der Waals surface area contributed by atoms with E-state index in [-0.39, 0.29) is 24.4 Å². The van der Waals surface area contributed by atoms with Gasteiger partial charge in [0.05, 0.1) is 5.69 Å². The molecule has 2 aliphatic rings. The molecule has 1 aromatic rings. The Kier molecular flexibility index (Phi) is 3.01. The second kappa shape index (κ2) is 4.53. The molecular weight excluding hydrogens is 343 g/mol. The molecule has 1 saturated carbocycles. The number of nitrogens with one attached hydrogen (secondary N) is 1. The Morgan fingerprint density at radius 3 is 2.61 bits per heavy atom. The van der Waals surface area contributed by atoms with E-state index in [2.05, 4.69) is 27.9 Å². The van der Waals surface area contributed by atoms with Crippen LogP contribution in [0.4, 0.5) is 5.69 Å². The number of amides is 2. The van der Waals surface area contributed by atoms with E-state index >= 15 is 0 Å². The first-order valence-electron chi connectivity index (χ1n) is 6.02. The average molecular weight is 356 g/mol. The number of halogens is 1. The molecule has 1 atom stereocenters. The maximum absolute atomic E-state index is 12.4. The van der Waals surface area contributed by atoms with Crippen molar-refractivity contribution in [1.29, 1.82) is 0 Å². The van der Waals surface area contributed by atoms with Crippen molar-refractivity contribution < 1.29 is 9.59 Å². The minimum Gasteiger partial charge on any atom is -0.342 e. The Labute approximate surface area is 119 Å². The number of carbonyl (C=O) groups is 2. The van der Waals surface area contributed by atoms with Crippen LogP contribution in [0.3, 0.4) is 0 Å². The Morgan fingerprint density at radius 2 is 1.94 bits per heavy atom. The van der Waals surface area contributed by atoms with Gasteiger partial charge < -0.3 is 10.2 Å². The zero-order chi connectivity index (χ0) is 12.7. The number of hydrogen-bond donors (Lipinski definition) is 1. The van der Waals surface area contributed by atoms with Crippen molar-refractivity contribution in [2.75, 3.05) is 11.4 Å². The Hall–Kier alpha value is -1.11. The van der Waals surface area contributed by atoms with E-state index in [0.717, 1.165) is 22.1 Å². The number of nitrogens with zero attached hydrogens (tertiary/aromatic N) is 1. The predicted molar refractivity (Wildman–Crippen MR) is 76.2 cm³/mol. The fraction of sp³-hybridized carbons (Fsp3) is 0.385. The molecule has 94 valence electrons. The van der Waals surface area contributed by atoms with Gasteiger partial charge in [-0.1, -0.05) is 12.1 Å². The molecule has 1 N–H and O–H groups in total. The van der Waals surface area contributed by atoms with Crippen LogP contribution < -0.4 is 10.2 Å². The van der Waals surface area contributed by atoms with Crippen molar-refractivity contribution in [2.24, 2.45) is 5.92 Å². The second-order valence-electron chi connectivity index (χ2n) is 4.76. The smallest absolute Gasteiger partial charge is 0.250 e. The van der Waals surface area contributed by atoms with Crippen molar-refractivity contribution in [3.63, 3.8) is 0 Å². The summed E-state index contributed by atoms with van der Waals surface area (Å²) < 4.78 is 0.993. The van der Waals surface area contributed by atoms with Crippen molar-refractivity contribution in [3.8, 4) is 0 Å². The number of anilines is 1. The Bertz CT molecular complexity index is 513. The molecule has 1 aliphatic carbocycles. The lowest BCUT2D eigenvalue weighted by Gasteiger charge is -2.33. The van der Waals surface area contributed by atoms with Crippen LogP contribution in [0, 0.1) is 9.49 Å². The highest BCUT2D eigenvalue weighted by Crippen LogP contribution is 2.35. The number of benzene rings is 1. The number of hydrogen-bond acceptors (Lipinski definition) is 2. The molecule has 0 aromatic heterocycles. The normalized spacial score (nSPS) is 24.1. The lowest BCUT2D eigenvalue weighted by molar-refractivity contribution is -0.131. The molecule has 18 heavy (non-hydrogen) atoms. The first kappa shape index (κ1) is 12.0. The number of carbonyl (C=O) groups excluding carboxylic acids is 2. The summed E-state index contributed by atoms with van der Waals surface area (Å²) in [7, 11) is 0. The maximum Gasteiger partial charge on any atom is 0.250 e. The zero-order valence-electron chi connectivity index (χ0n) is 9.73. The molecule has 0 bridgehead atoms. The van der Waals surface area contributed by atoms with Gasteiger partial charge in [-0.05, 0) is 53.5 Å². The minimum absolute atomic E-state index is 0.0289. The summed E-state index contributed by atoms with van der Waals surface area (Å²) in [6, 6.07) is 7.34. The first-order valence-corrected chi connectivity index (χ1v) is 7.10. The summed E-state index contributed by atoms with van der Waals surface area (Å²) in [6.45, 7) is 0.127. The highest BCUT2D eigenvalue weighted by molar-refractivity contribution is 14.1. The fourth-order valence-electron chi connectivity index (χ4n) is 2.29. The quantitative estimate of drug-likeness (QED) is 0.818. The molecule has 0 spiro atoms. The molecule has 2 fully saturated rings. The SMILES string of the molecule is O=C1CN(c2ccccc2I)C(=O)C(C2CC2)N1. The lowest BCUT2D eigenvalue weighted by atomic mass is 10.1. The standard InChI is InChI=1S/C13H13IN2O2/c14-9-3-1-2-4-10(9)16-7-11(17)15-12(13(16)18)8-5-6-8/h1-4,8,12H,5-7H2,(H,15,17). The zero-order valence-corrected chi connectivity index (χ0v) is 11.9. The van der Waals surface area contributed by atoms with E-state index < -0.39 is 0 Å². The molecule has 1 unspecified atom stereocenters. The van der Waals surface area contributed by atoms with Gasteiger partial charge in [0, 0.05) is 3.57 Å². The highest BCUT2D eigenvalue weighted by Gasteiger charge is 2.43. The van der Waals surface area contributed by atoms with Gasteiger partial charge in [0.1, 0.15) is 12.6 Å². The third-order valence-electron chi connectivity index (χ3n) is 3.39. The van der Waals surface area contributed by atoms with Crippen molar-refractivity contribution in [1.82, 2.24) is 5.32 Å². The van der Waals surface area contributed by atoms with Crippen LogP contribution in [0.2, 0.25) is 0 Å². The molecule has 1 aliphatic heterocycles. The molecule has 5 heteroatoms. The van der Waals surface area contributed by atoms with Gasteiger partial charge in [0.15, 0.2) is 0 Å². The van der Waals surface area contributed by atoms with Gasteiger partial charge >= 0.3 is 0 Å². The van der Waals surface area contributed by atoms with E-state index in [1.54, 1.807) is 4.90 Å². The topological polar surface area (TPSA) is 49.4 Å². The van der Waals surface area contributed by atoms with Crippen molar-refractivity contribution >= 4 is 40.1 Å². The largest absolute Gasteiger partial charge is 0.342 e. The summed E-state index contributed by atoms with van der Waals surface area (Å²) >= 11 is 2.19. The van der Waals surface area contributed by atoms with Gasteiger partial charge in [-0.15, -0.1) is 0 Å². The van der Waals surface area contributed by atoms with Gasteiger partial charge in [-0.25, -0.2) is 0 Å². The van der Waals surface area contributed by atoms with Crippen LogP contribution in [0.25, 0.3) is 0 Å².